The molecule has 0 fully saturated rings. The van der Waals surface area contributed by atoms with Crippen LogP contribution in [0.4, 0.5) is 11.4 Å². The van der Waals surface area contributed by atoms with Gasteiger partial charge in [0, 0.05) is 17.5 Å². The summed E-state index contributed by atoms with van der Waals surface area (Å²) >= 11 is 0. The average Bonchev–Trinajstić information content (AvgIpc) is 2.43. The lowest BCUT2D eigenvalue weighted by Crippen LogP contribution is -2.20. The maximum absolute atomic E-state index is 11.7. The predicted molar refractivity (Wildman–Crippen MR) is 67.0 cm³/mol. The Kier molecular flexibility index (Phi) is 2.45. The van der Waals surface area contributed by atoms with E-state index in [2.05, 4.69) is 4.74 Å². The zero-order valence-electron chi connectivity index (χ0n) is 10.1. The van der Waals surface area contributed by atoms with E-state index in [9.17, 15) is 29.8 Å². The van der Waals surface area contributed by atoms with Crippen LogP contribution in [0, 0.1) is 20.2 Å². The lowest BCUT2D eigenvalue weighted by Gasteiger charge is -2.15. The molecule has 1 aliphatic heterocycles. The summed E-state index contributed by atoms with van der Waals surface area (Å²) in [6, 6.07) is 4.18. The maximum Gasteiger partial charge on any atom is 0.346 e. The van der Waals surface area contributed by atoms with Crippen molar-refractivity contribution in [3.05, 3.63) is 55.6 Å². The van der Waals surface area contributed by atoms with Gasteiger partial charge in [-0.15, -0.1) is 0 Å². The van der Waals surface area contributed by atoms with Crippen molar-refractivity contribution in [1.82, 2.24) is 0 Å². The van der Waals surface area contributed by atoms with Crippen LogP contribution >= 0.6 is 0 Å². The van der Waals surface area contributed by atoms with Gasteiger partial charge in [-0.25, -0.2) is 9.59 Å². The fourth-order valence-corrected chi connectivity index (χ4v) is 2.30. The average molecular weight is 288 g/mol. The number of hydrogen-bond acceptors (Lipinski definition) is 7. The summed E-state index contributed by atoms with van der Waals surface area (Å²) in [6.07, 6.45) is 0. The summed E-state index contributed by atoms with van der Waals surface area (Å²) in [4.78, 5) is 43.8. The quantitative estimate of drug-likeness (QED) is 0.357. The summed E-state index contributed by atoms with van der Waals surface area (Å²) in [5.74, 6) is -1.99. The lowest BCUT2D eigenvalue weighted by molar-refractivity contribution is -0.390. The lowest BCUT2D eigenvalue weighted by atomic mass is 9.95. The molecule has 0 aromatic heterocycles. The molecule has 0 spiro atoms. The number of cyclic esters (lactones) is 2. The minimum Gasteiger partial charge on any atom is -0.386 e. The Hall–Kier alpha value is -3.36. The Morgan fingerprint density at radius 3 is 1.57 bits per heavy atom. The number of benzene rings is 2. The number of nitro benzene ring substituents is 2. The third-order valence-corrected chi connectivity index (χ3v) is 3.14. The Labute approximate surface area is 115 Å². The van der Waals surface area contributed by atoms with Crippen LogP contribution in [0.1, 0.15) is 20.7 Å². The van der Waals surface area contributed by atoms with Gasteiger partial charge < -0.3 is 4.74 Å². The minimum atomic E-state index is -0.993. The Bertz CT molecular complexity index is 805. The first-order valence-corrected chi connectivity index (χ1v) is 5.57. The SMILES string of the molecule is O=C1OC(=O)c2ccc([N+](=O)[O-])c3c([N+](=O)[O-])ccc1c23. The van der Waals surface area contributed by atoms with Crippen molar-refractivity contribution in [2.45, 2.75) is 0 Å². The van der Waals surface area contributed by atoms with Crippen LogP contribution < -0.4 is 0 Å². The predicted octanol–water partition coefficient (Wildman–Crippen LogP) is 1.97. The van der Waals surface area contributed by atoms with Gasteiger partial charge in [-0.3, -0.25) is 20.2 Å². The first-order chi connectivity index (χ1) is 9.91. The van der Waals surface area contributed by atoms with Crippen molar-refractivity contribution < 1.29 is 24.2 Å². The summed E-state index contributed by atoms with van der Waals surface area (Å²) in [5.41, 5.74) is -1.34. The number of nitro groups is 2. The second-order valence-electron chi connectivity index (χ2n) is 4.21. The van der Waals surface area contributed by atoms with E-state index >= 15 is 0 Å². The molecule has 3 rings (SSSR count). The largest absolute Gasteiger partial charge is 0.386 e. The monoisotopic (exact) mass is 288 g/mol. The van der Waals surface area contributed by atoms with Crippen molar-refractivity contribution in [3.63, 3.8) is 0 Å². The van der Waals surface area contributed by atoms with Crippen LogP contribution in [0.5, 0.6) is 0 Å². The molecular weight excluding hydrogens is 284 g/mol. The number of non-ortho nitro benzene ring substituents is 2. The summed E-state index contributed by atoms with van der Waals surface area (Å²) < 4.78 is 4.49. The van der Waals surface area contributed by atoms with Crippen molar-refractivity contribution in [2.75, 3.05) is 0 Å². The molecule has 0 amide bonds. The normalized spacial score (nSPS) is 13.1. The molecule has 1 aliphatic rings. The van der Waals surface area contributed by atoms with E-state index in [1.165, 1.54) is 0 Å². The van der Waals surface area contributed by atoms with Crippen LogP contribution in [-0.4, -0.2) is 21.8 Å². The fraction of sp³-hybridized carbons (Fsp3) is 0. The molecule has 104 valence electrons. The molecule has 1 heterocycles. The van der Waals surface area contributed by atoms with Crippen molar-refractivity contribution in [2.24, 2.45) is 0 Å². The molecule has 0 aliphatic carbocycles. The van der Waals surface area contributed by atoms with Crippen LogP contribution in [0.3, 0.4) is 0 Å². The molecule has 0 atom stereocenters. The first kappa shape index (κ1) is 12.7. The van der Waals surface area contributed by atoms with Crippen LogP contribution in [0.2, 0.25) is 0 Å². The highest BCUT2D eigenvalue weighted by Gasteiger charge is 2.34. The second kappa shape index (κ2) is 4.07. The second-order valence-corrected chi connectivity index (χ2v) is 4.21. The van der Waals surface area contributed by atoms with Crippen LogP contribution in [0.25, 0.3) is 10.8 Å². The molecule has 2 aromatic carbocycles. The highest BCUT2D eigenvalue weighted by Crippen LogP contribution is 2.39. The number of carbonyl (C=O) groups is 2. The van der Waals surface area contributed by atoms with Crippen molar-refractivity contribution >= 4 is 34.1 Å². The maximum atomic E-state index is 11.7. The molecule has 0 saturated carbocycles. The fourth-order valence-electron chi connectivity index (χ4n) is 2.30. The van der Waals surface area contributed by atoms with Crippen molar-refractivity contribution in [3.8, 4) is 0 Å². The first-order valence-electron chi connectivity index (χ1n) is 5.57. The van der Waals surface area contributed by atoms with Gasteiger partial charge in [-0.05, 0) is 12.1 Å². The summed E-state index contributed by atoms with van der Waals surface area (Å²) in [5, 5.41) is 21.6. The Morgan fingerprint density at radius 2 is 1.19 bits per heavy atom. The highest BCUT2D eigenvalue weighted by atomic mass is 16.6. The van der Waals surface area contributed by atoms with Gasteiger partial charge in [0.05, 0.1) is 21.0 Å². The Morgan fingerprint density at radius 1 is 0.762 bits per heavy atom. The molecule has 21 heavy (non-hydrogen) atoms. The van der Waals surface area contributed by atoms with Gasteiger partial charge in [0.15, 0.2) is 0 Å². The van der Waals surface area contributed by atoms with Crippen LogP contribution in [0.15, 0.2) is 24.3 Å². The number of hydrogen-bond donors (Lipinski definition) is 0. The molecule has 0 unspecified atom stereocenters. The van der Waals surface area contributed by atoms with Crippen molar-refractivity contribution in [1.29, 1.82) is 0 Å². The number of esters is 2. The van der Waals surface area contributed by atoms with Crippen LogP contribution in [-0.2, 0) is 4.74 Å². The van der Waals surface area contributed by atoms with Gasteiger partial charge >= 0.3 is 11.9 Å². The van der Waals surface area contributed by atoms with E-state index < -0.39 is 33.2 Å². The number of carbonyl (C=O) groups excluding carboxylic acids is 2. The molecule has 9 heteroatoms. The zero-order valence-corrected chi connectivity index (χ0v) is 10.1. The third kappa shape index (κ3) is 1.64. The number of nitrogens with zero attached hydrogens (tertiary/aromatic N) is 2. The third-order valence-electron chi connectivity index (χ3n) is 3.14. The van der Waals surface area contributed by atoms with E-state index in [0.717, 1.165) is 24.3 Å². The number of ether oxygens (including phenoxy) is 1. The highest BCUT2D eigenvalue weighted by molar-refractivity contribution is 6.23. The van der Waals surface area contributed by atoms with Gasteiger partial charge in [0.25, 0.3) is 11.4 Å². The smallest absolute Gasteiger partial charge is 0.346 e. The number of rotatable bonds is 2. The molecule has 9 nitrogen and oxygen atoms in total. The van der Waals surface area contributed by atoms with E-state index in [-0.39, 0.29) is 21.9 Å². The summed E-state index contributed by atoms with van der Waals surface area (Å²) in [6.45, 7) is 0. The van der Waals surface area contributed by atoms with E-state index in [1.54, 1.807) is 0 Å². The molecule has 2 aromatic rings. The van der Waals surface area contributed by atoms with Gasteiger partial charge in [-0.2, -0.15) is 0 Å². The molecule has 0 radical (unpaired) electrons. The molecule has 0 N–H and O–H groups in total. The van der Waals surface area contributed by atoms with E-state index in [4.69, 9.17) is 0 Å². The molecular formula is C12H4N2O7. The molecule has 0 saturated heterocycles. The summed E-state index contributed by atoms with van der Waals surface area (Å²) in [7, 11) is 0. The van der Waals surface area contributed by atoms with E-state index in [0.29, 0.717) is 0 Å². The zero-order chi connectivity index (χ0) is 15.3. The molecule has 0 bridgehead atoms. The topological polar surface area (TPSA) is 130 Å². The van der Waals surface area contributed by atoms with Gasteiger partial charge in [0.2, 0.25) is 0 Å². The van der Waals surface area contributed by atoms with Gasteiger partial charge in [-0.1, -0.05) is 0 Å². The Balaban J connectivity index is 2.60. The van der Waals surface area contributed by atoms with Gasteiger partial charge in [0.1, 0.15) is 5.39 Å². The van der Waals surface area contributed by atoms with E-state index in [1.807, 2.05) is 0 Å². The standard InChI is InChI=1S/C12H4N2O7/c15-11-5-1-3-7(13(17)18)10-8(14(19)20)4-2-6(9(5)10)12(16)21-11/h1-4H. The minimum absolute atomic E-state index is 0.117.